The lowest BCUT2D eigenvalue weighted by atomic mass is 9.82. The summed E-state index contributed by atoms with van der Waals surface area (Å²) in [7, 11) is 0. The van der Waals surface area contributed by atoms with Crippen LogP contribution in [0, 0.1) is 18.6 Å². The minimum absolute atomic E-state index is 0.00573. The summed E-state index contributed by atoms with van der Waals surface area (Å²) in [4.78, 5) is 33.5. The Kier molecular flexibility index (Phi) is 5.19. The van der Waals surface area contributed by atoms with Crippen LogP contribution in [0.3, 0.4) is 0 Å². The third-order valence-corrected chi connectivity index (χ3v) is 6.50. The van der Waals surface area contributed by atoms with Crippen molar-refractivity contribution < 1.29 is 18.4 Å². The number of likely N-dealkylation sites (tertiary alicyclic amines) is 1. The second-order valence-electron chi connectivity index (χ2n) is 8.74. The number of pyridine rings is 1. The number of carbonyl (C=O) groups excluding carboxylic acids is 2. The monoisotopic (exact) mass is 451 g/mol. The predicted molar refractivity (Wildman–Crippen MR) is 116 cm³/mol. The van der Waals surface area contributed by atoms with E-state index in [1.807, 2.05) is 29.8 Å². The zero-order valence-electron chi connectivity index (χ0n) is 18.2. The van der Waals surface area contributed by atoms with Gasteiger partial charge in [-0.05, 0) is 49.6 Å². The average Bonchev–Trinajstić information content (AvgIpc) is 3.19. The summed E-state index contributed by atoms with van der Waals surface area (Å²) in [5, 5.41) is 4.71. The van der Waals surface area contributed by atoms with Crippen LogP contribution in [-0.4, -0.2) is 44.6 Å². The zero-order chi connectivity index (χ0) is 23.2. The minimum Gasteiger partial charge on any atom is -0.338 e. The maximum atomic E-state index is 13.6. The molecule has 0 aliphatic carbocycles. The van der Waals surface area contributed by atoms with E-state index in [0.29, 0.717) is 32.5 Å². The van der Waals surface area contributed by atoms with Crippen molar-refractivity contribution in [2.24, 2.45) is 0 Å². The first-order valence-corrected chi connectivity index (χ1v) is 10.9. The van der Waals surface area contributed by atoms with Crippen molar-refractivity contribution in [3.8, 4) is 0 Å². The molecule has 0 N–H and O–H groups in total. The lowest BCUT2D eigenvalue weighted by Crippen LogP contribution is -2.54. The Balaban J connectivity index is 1.38. The fraction of sp³-hybridized carbons (Fsp3) is 0.333. The minimum atomic E-state index is -0.782. The molecule has 5 rings (SSSR count). The molecular weight excluding hydrogens is 428 g/mol. The number of fused-ring (bicyclic) bond motifs is 2. The van der Waals surface area contributed by atoms with Crippen LogP contribution >= 0.6 is 0 Å². The number of nitrogens with zero attached hydrogens (tertiary/aromatic N) is 5. The number of rotatable bonds is 3. The molecule has 7 nitrogen and oxygen atoms in total. The zero-order valence-corrected chi connectivity index (χ0v) is 18.2. The fourth-order valence-corrected chi connectivity index (χ4v) is 4.82. The quantitative estimate of drug-likeness (QED) is 0.612. The van der Waals surface area contributed by atoms with Crippen molar-refractivity contribution >= 4 is 17.6 Å². The number of aromatic nitrogens is 3. The van der Waals surface area contributed by atoms with Crippen molar-refractivity contribution in [1.82, 2.24) is 19.7 Å². The second-order valence-corrected chi connectivity index (χ2v) is 8.74. The van der Waals surface area contributed by atoms with E-state index < -0.39 is 23.1 Å². The Morgan fingerprint density at radius 3 is 2.39 bits per heavy atom. The molecule has 0 saturated carbocycles. The highest BCUT2D eigenvalue weighted by atomic mass is 19.1. The molecule has 0 bridgehead atoms. The third kappa shape index (κ3) is 3.88. The molecule has 1 spiro atoms. The number of anilines is 1. The molecule has 1 aromatic carbocycles. The molecule has 1 saturated heterocycles. The van der Waals surface area contributed by atoms with Gasteiger partial charge in [0, 0.05) is 43.2 Å². The van der Waals surface area contributed by atoms with E-state index in [-0.39, 0.29) is 17.9 Å². The Labute approximate surface area is 189 Å². The first-order chi connectivity index (χ1) is 15.8. The molecule has 3 aromatic rings. The highest BCUT2D eigenvalue weighted by Gasteiger charge is 2.46. The molecule has 1 fully saturated rings. The molecule has 2 amide bonds. The maximum Gasteiger partial charge on any atom is 0.254 e. The standard InChI is InChI=1S/C24H23F2N5O2/c1-16-10-21-30(15-17-2-6-27-7-3-17)22(32)14-24(31(21)28-16)4-8-29(9-5-24)23(33)18-11-19(25)13-20(26)12-18/h2-3,6-7,10-13H,4-5,8-9,14-15H2,1H3. The molecule has 2 aliphatic heterocycles. The molecule has 4 heterocycles. The van der Waals surface area contributed by atoms with Crippen molar-refractivity contribution in [2.45, 2.75) is 38.3 Å². The summed E-state index contributed by atoms with van der Waals surface area (Å²) < 4.78 is 29.1. The molecule has 9 heteroatoms. The van der Waals surface area contributed by atoms with Gasteiger partial charge in [-0.3, -0.25) is 19.5 Å². The van der Waals surface area contributed by atoms with Gasteiger partial charge in [0.1, 0.15) is 17.5 Å². The number of halogens is 2. The molecule has 0 radical (unpaired) electrons. The summed E-state index contributed by atoms with van der Waals surface area (Å²) in [5.41, 5.74) is 1.25. The second kappa shape index (κ2) is 8.06. The molecule has 2 aliphatic rings. The van der Waals surface area contributed by atoms with Gasteiger partial charge in [0.2, 0.25) is 5.91 Å². The number of carbonyl (C=O) groups is 2. The summed E-state index contributed by atoms with van der Waals surface area (Å²) >= 11 is 0. The number of hydrogen-bond acceptors (Lipinski definition) is 4. The van der Waals surface area contributed by atoms with Gasteiger partial charge < -0.3 is 4.90 Å². The summed E-state index contributed by atoms with van der Waals surface area (Å²) in [6.07, 6.45) is 4.73. The van der Waals surface area contributed by atoms with E-state index in [2.05, 4.69) is 4.98 Å². The SMILES string of the molecule is Cc1cc2n(n1)C1(CCN(C(=O)c3cc(F)cc(F)c3)CC1)CC(=O)N2Cc1ccncc1. The van der Waals surface area contributed by atoms with Gasteiger partial charge in [0.25, 0.3) is 5.91 Å². The van der Waals surface area contributed by atoms with Crippen LogP contribution in [-0.2, 0) is 16.9 Å². The lowest BCUT2D eigenvalue weighted by molar-refractivity contribution is -0.123. The van der Waals surface area contributed by atoms with E-state index >= 15 is 0 Å². The molecule has 170 valence electrons. The van der Waals surface area contributed by atoms with Crippen LogP contribution < -0.4 is 4.90 Å². The van der Waals surface area contributed by atoms with Gasteiger partial charge in [-0.2, -0.15) is 5.10 Å². The fourth-order valence-electron chi connectivity index (χ4n) is 4.82. The molecule has 0 atom stereocenters. The van der Waals surface area contributed by atoms with Gasteiger partial charge in [0.05, 0.1) is 24.2 Å². The van der Waals surface area contributed by atoms with Crippen molar-refractivity contribution in [3.05, 3.63) is 77.2 Å². The number of hydrogen-bond donors (Lipinski definition) is 0. The van der Waals surface area contributed by atoms with Gasteiger partial charge in [-0.25, -0.2) is 13.5 Å². The van der Waals surface area contributed by atoms with E-state index in [1.54, 1.807) is 22.2 Å². The Hall–Kier alpha value is -3.62. The topological polar surface area (TPSA) is 71.3 Å². The molecule has 2 aromatic heterocycles. The van der Waals surface area contributed by atoms with Crippen molar-refractivity contribution in [2.75, 3.05) is 18.0 Å². The van der Waals surface area contributed by atoms with Crippen LogP contribution in [0.15, 0.2) is 48.8 Å². The largest absolute Gasteiger partial charge is 0.338 e. The van der Waals surface area contributed by atoms with Gasteiger partial charge >= 0.3 is 0 Å². The number of piperidine rings is 1. The summed E-state index contributed by atoms with van der Waals surface area (Å²) in [5.74, 6) is -1.23. The van der Waals surface area contributed by atoms with Crippen molar-refractivity contribution in [1.29, 1.82) is 0 Å². The smallest absolute Gasteiger partial charge is 0.254 e. The van der Waals surface area contributed by atoms with Crippen LogP contribution in [0.1, 0.15) is 40.9 Å². The first-order valence-electron chi connectivity index (χ1n) is 10.9. The van der Waals surface area contributed by atoms with E-state index in [1.165, 1.54) is 0 Å². The van der Waals surface area contributed by atoms with Gasteiger partial charge in [-0.15, -0.1) is 0 Å². The Morgan fingerprint density at radius 2 is 1.73 bits per heavy atom. The van der Waals surface area contributed by atoms with Crippen molar-refractivity contribution in [3.63, 3.8) is 0 Å². The normalized spacial score (nSPS) is 17.4. The Bertz CT molecular complexity index is 1200. The van der Waals surface area contributed by atoms with Crippen LogP contribution in [0.5, 0.6) is 0 Å². The first kappa shape index (κ1) is 21.2. The van der Waals surface area contributed by atoms with Gasteiger partial charge in [0.15, 0.2) is 0 Å². The molecule has 33 heavy (non-hydrogen) atoms. The summed E-state index contributed by atoms with van der Waals surface area (Å²) in [6.45, 7) is 3.06. The molecule has 0 unspecified atom stereocenters. The average molecular weight is 451 g/mol. The van der Waals surface area contributed by atoms with E-state index in [0.717, 1.165) is 35.3 Å². The number of aryl methyl sites for hydroxylation is 1. The van der Waals surface area contributed by atoms with E-state index in [9.17, 15) is 18.4 Å². The predicted octanol–water partition coefficient (Wildman–Crippen LogP) is 3.43. The van der Waals surface area contributed by atoms with E-state index in [4.69, 9.17) is 5.10 Å². The highest BCUT2D eigenvalue weighted by molar-refractivity contribution is 5.95. The Morgan fingerprint density at radius 1 is 1.06 bits per heavy atom. The lowest BCUT2D eigenvalue weighted by Gasteiger charge is -2.46. The van der Waals surface area contributed by atoms with Gasteiger partial charge in [-0.1, -0.05) is 0 Å². The summed E-state index contributed by atoms with van der Waals surface area (Å²) in [6, 6.07) is 8.51. The number of amides is 2. The highest BCUT2D eigenvalue weighted by Crippen LogP contribution is 2.42. The number of benzene rings is 1. The maximum absolute atomic E-state index is 13.6. The molecular formula is C24H23F2N5O2. The van der Waals surface area contributed by atoms with Crippen LogP contribution in [0.2, 0.25) is 0 Å². The van der Waals surface area contributed by atoms with Crippen LogP contribution in [0.4, 0.5) is 14.6 Å². The third-order valence-electron chi connectivity index (χ3n) is 6.50. The van der Waals surface area contributed by atoms with Crippen LogP contribution in [0.25, 0.3) is 0 Å².